The van der Waals surface area contributed by atoms with Gasteiger partial charge in [0, 0.05) is 39.1 Å². The van der Waals surface area contributed by atoms with Gasteiger partial charge in [0.1, 0.15) is 0 Å². The van der Waals surface area contributed by atoms with Crippen molar-refractivity contribution < 1.29 is 9.90 Å². The van der Waals surface area contributed by atoms with Gasteiger partial charge >= 0.3 is 0 Å². The number of allylic oxidation sites excluding steroid dienone is 1. The van der Waals surface area contributed by atoms with Gasteiger partial charge in [-0.2, -0.15) is 0 Å². The van der Waals surface area contributed by atoms with Gasteiger partial charge in [-0.1, -0.05) is 47.5 Å². The van der Waals surface area contributed by atoms with Gasteiger partial charge in [-0.3, -0.25) is 4.79 Å². The molecule has 148 valence electrons. The molecule has 29 heavy (non-hydrogen) atoms. The Morgan fingerprint density at radius 3 is 2.76 bits per heavy atom. The monoisotopic (exact) mass is 426 g/mol. The van der Waals surface area contributed by atoms with Crippen molar-refractivity contribution >= 4 is 40.0 Å². The van der Waals surface area contributed by atoms with Crippen molar-refractivity contribution in [3.63, 3.8) is 0 Å². The van der Waals surface area contributed by atoms with E-state index in [-0.39, 0.29) is 23.6 Å². The quantitative estimate of drug-likeness (QED) is 0.374. The van der Waals surface area contributed by atoms with Crippen LogP contribution in [0.5, 0.6) is 0 Å². The van der Waals surface area contributed by atoms with Crippen LogP contribution in [0.3, 0.4) is 0 Å². The molecule has 4 nitrogen and oxygen atoms in total. The normalized spacial score (nSPS) is 23.1. The smallest absolute Gasteiger partial charge is 0.254 e. The standard InChI is InChI=1S/C23H20Cl2N2O2/c1-12(28)21-17(14-7-6-13(24)10-18(14)25)11-20-22-16(8-9-27(20)23(21)29)15-4-2-3-5-19(15)26-22/h2-7,10,17,20,26,28H,8-9,11H2,1H3/b21-12-/t17-,20-/m0/s1. The molecular weight excluding hydrogens is 407 g/mol. The largest absolute Gasteiger partial charge is 0.512 e. The first-order chi connectivity index (χ1) is 14.0. The number of rotatable bonds is 1. The Kier molecular flexibility index (Phi) is 4.37. The Labute approximate surface area is 178 Å². The van der Waals surface area contributed by atoms with E-state index in [0.29, 0.717) is 28.6 Å². The fraction of sp³-hybridized carbons (Fsp3) is 0.261. The summed E-state index contributed by atoms with van der Waals surface area (Å²) in [5.74, 6) is -0.371. The molecule has 1 fully saturated rings. The highest BCUT2D eigenvalue weighted by Gasteiger charge is 2.44. The number of hydrogen-bond donors (Lipinski definition) is 2. The molecule has 1 aromatic heterocycles. The van der Waals surface area contributed by atoms with Crippen molar-refractivity contribution in [2.45, 2.75) is 31.7 Å². The molecule has 3 heterocycles. The summed E-state index contributed by atoms with van der Waals surface area (Å²) >= 11 is 12.6. The number of hydrogen-bond acceptors (Lipinski definition) is 2. The van der Waals surface area contributed by atoms with E-state index in [1.165, 1.54) is 10.9 Å². The van der Waals surface area contributed by atoms with E-state index < -0.39 is 0 Å². The molecule has 2 aliphatic heterocycles. The Bertz CT molecular complexity index is 1180. The minimum absolute atomic E-state index is 0.0481. The lowest BCUT2D eigenvalue weighted by molar-refractivity contribution is -0.133. The summed E-state index contributed by atoms with van der Waals surface area (Å²) in [5, 5.41) is 12.7. The maximum absolute atomic E-state index is 13.4. The van der Waals surface area contributed by atoms with E-state index in [1.54, 1.807) is 19.1 Å². The highest BCUT2D eigenvalue weighted by molar-refractivity contribution is 6.35. The van der Waals surface area contributed by atoms with Crippen molar-refractivity contribution in [2.24, 2.45) is 0 Å². The molecule has 0 spiro atoms. The second-order valence-corrected chi connectivity index (χ2v) is 8.62. The van der Waals surface area contributed by atoms with Crippen molar-refractivity contribution in [2.75, 3.05) is 6.54 Å². The van der Waals surface area contributed by atoms with Crippen LogP contribution in [0.1, 0.15) is 42.1 Å². The van der Waals surface area contributed by atoms with Crippen LogP contribution in [-0.2, 0) is 11.2 Å². The first-order valence-corrected chi connectivity index (χ1v) is 10.5. The van der Waals surface area contributed by atoms with Gasteiger partial charge in [0.15, 0.2) is 0 Å². The zero-order valence-corrected chi connectivity index (χ0v) is 17.4. The van der Waals surface area contributed by atoms with Crippen molar-refractivity contribution in [1.29, 1.82) is 0 Å². The molecule has 0 unspecified atom stereocenters. The van der Waals surface area contributed by atoms with Gasteiger partial charge in [0.25, 0.3) is 5.91 Å². The highest BCUT2D eigenvalue weighted by Crippen LogP contribution is 2.48. The molecule has 6 heteroatoms. The molecule has 0 bridgehead atoms. The van der Waals surface area contributed by atoms with E-state index in [4.69, 9.17) is 23.2 Å². The Hall–Kier alpha value is -2.43. The zero-order chi connectivity index (χ0) is 20.3. The number of nitrogens with one attached hydrogen (secondary N) is 1. The summed E-state index contributed by atoms with van der Waals surface area (Å²) < 4.78 is 0. The topological polar surface area (TPSA) is 56.3 Å². The third-order valence-electron chi connectivity index (χ3n) is 6.19. The minimum atomic E-state index is -0.295. The fourth-order valence-electron chi connectivity index (χ4n) is 4.93. The van der Waals surface area contributed by atoms with E-state index in [2.05, 4.69) is 17.1 Å². The summed E-state index contributed by atoms with van der Waals surface area (Å²) in [6, 6.07) is 13.5. The van der Waals surface area contributed by atoms with Gasteiger partial charge in [-0.05, 0) is 49.1 Å². The molecule has 2 aliphatic rings. The van der Waals surface area contributed by atoms with Gasteiger partial charge in [0.05, 0.1) is 17.4 Å². The van der Waals surface area contributed by atoms with Gasteiger partial charge < -0.3 is 15.0 Å². The lowest BCUT2D eigenvalue weighted by atomic mass is 9.77. The van der Waals surface area contributed by atoms with Crippen molar-refractivity contribution in [1.82, 2.24) is 9.88 Å². The van der Waals surface area contributed by atoms with E-state index >= 15 is 0 Å². The SMILES string of the molecule is C/C(O)=C1/C(=O)N2CCc3c([nH]c4ccccc34)[C@@H]2C[C@H]1c1ccc(Cl)cc1Cl. The van der Waals surface area contributed by atoms with Gasteiger partial charge in [0.2, 0.25) is 0 Å². The number of carbonyl (C=O) groups excluding carboxylic acids is 1. The average molecular weight is 427 g/mol. The molecule has 0 aliphatic carbocycles. The lowest BCUT2D eigenvalue weighted by Gasteiger charge is -2.43. The van der Waals surface area contributed by atoms with Crippen molar-refractivity contribution in [3.8, 4) is 0 Å². The predicted octanol–water partition coefficient (Wildman–Crippen LogP) is 5.92. The van der Waals surface area contributed by atoms with E-state index in [0.717, 1.165) is 23.2 Å². The van der Waals surface area contributed by atoms with E-state index in [1.807, 2.05) is 23.1 Å². The van der Waals surface area contributed by atoms with Crippen LogP contribution in [-0.4, -0.2) is 27.4 Å². The van der Waals surface area contributed by atoms with Gasteiger partial charge in [-0.15, -0.1) is 0 Å². The summed E-state index contributed by atoms with van der Waals surface area (Å²) in [6.07, 6.45) is 1.45. The second-order valence-electron chi connectivity index (χ2n) is 7.78. The zero-order valence-electron chi connectivity index (χ0n) is 15.9. The molecule has 1 amide bonds. The number of aliphatic hydroxyl groups is 1. The third kappa shape index (κ3) is 2.85. The third-order valence-corrected chi connectivity index (χ3v) is 6.75. The Balaban J connectivity index is 1.66. The number of aromatic nitrogens is 1. The van der Waals surface area contributed by atoms with E-state index in [9.17, 15) is 9.90 Å². The van der Waals surface area contributed by atoms with Crippen LogP contribution in [0.25, 0.3) is 10.9 Å². The van der Waals surface area contributed by atoms with Crippen LogP contribution in [0.2, 0.25) is 10.0 Å². The maximum Gasteiger partial charge on any atom is 0.254 e. The Morgan fingerprint density at radius 2 is 2.00 bits per heavy atom. The number of piperidine rings is 1. The number of carbonyl (C=O) groups is 1. The average Bonchev–Trinajstić information content (AvgIpc) is 3.07. The first-order valence-electron chi connectivity index (χ1n) is 9.71. The first kappa shape index (κ1) is 18.6. The molecule has 2 aromatic carbocycles. The van der Waals surface area contributed by atoms with Crippen LogP contribution < -0.4 is 0 Å². The molecule has 2 atom stereocenters. The number of aromatic amines is 1. The molecule has 0 radical (unpaired) electrons. The molecule has 0 saturated carbocycles. The number of amides is 1. The summed E-state index contributed by atoms with van der Waals surface area (Å²) in [4.78, 5) is 18.8. The number of halogens is 2. The lowest BCUT2D eigenvalue weighted by Crippen LogP contribution is -2.46. The van der Waals surface area contributed by atoms with Crippen LogP contribution in [0.4, 0.5) is 0 Å². The molecule has 2 N–H and O–H groups in total. The highest BCUT2D eigenvalue weighted by atomic mass is 35.5. The summed E-state index contributed by atoms with van der Waals surface area (Å²) in [6.45, 7) is 2.21. The number of aliphatic hydroxyl groups excluding tert-OH is 1. The predicted molar refractivity (Wildman–Crippen MR) is 116 cm³/mol. The summed E-state index contributed by atoms with van der Waals surface area (Å²) in [7, 11) is 0. The molecule has 5 rings (SSSR count). The van der Waals surface area contributed by atoms with Crippen LogP contribution in [0.15, 0.2) is 53.8 Å². The van der Waals surface area contributed by atoms with Crippen LogP contribution in [0, 0.1) is 0 Å². The van der Waals surface area contributed by atoms with Crippen molar-refractivity contribution in [3.05, 3.63) is 80.7 Å². The van der Waals surface area contributed by atoms with Gasteiger partial charge in [-0.25, -0.2) is 0 Å². The number of benzene rings is 2. The maximum atomic E-state index is 13.4. The molecular formula is C23H20Cl2N2O2. The minimum Gasteiger partial charge on any atom is -0.512 e. The number of fused-ring (bicyclic) bond motifs is 5. The molecule has 1 saturated heterocycles. The number of para-hydroxylation sites is 1. The summed E-state index contributed by atoms with van der Waals surface area (Å²) in [5.41, 5.74) is 4.70. The number of nitrogens with zero attached hydrogens (tertiary/aromatic N) is 1. The second kappa shape index (κ2) is 6.82. The van der Waals surface area contributed by atoms with Crippen LogP contribution >= 0.6 is 23.2 Å². The Morgan fingerprint density at radius 1 is 1.21 bits per heavy atom. The fourth-order valence-corrected chi connectivity index (χ4v) is 5.47. The molecule has 3 aromatic rings. The number of H-pyrrole nitrogens is 1.